The number of alkyl halides is 3. The molecule has 2 heterocycles. The van der Waals surface area contributed by atoms with E-state index < -0.39 is 18.0 Å². The van der Waals surface area contributed by atoms with Crippen LogP contribution in [-0.2, 0) is 11.0 Å². The van der Waals surface area contributed by atoms with Gasteiger partial charge in [-0.05, 0) is 49.1 Å². The van der Waals surface area contributed by atoms with Crippen LogP contribution in [0.4, 0.5) is 29.8 Å². The molecule has 0 radical (unpaired) electrons. The lowest BCUT2D eigenvalue weighted by Gasteiger charge is -2.38. The monoisotopic (exact) mass is 501 g/mol. The van der Waals surface area contributed by atoms with E-state index in [4.69, 9.17) is 0 Å². The van der Waals surface area contributed by atoms with Crippen molar-refractivity contribution in [3.05, 3.63) is 23.7 Å². The molecule has 0 spiro atoms. The molecule has 0 saturated heterocycles. The molecular weight excluding hydrogens is 471 g/mol. The van der Waals surface area contributed by atoms with Crippen LogP contribution in [0.3, 0.4) is 0 Å². The lowest BCUT2D eigenvalue weighted by molar-refractivity contribution is -0.144. The number of hydrogen-bond acceptors (Lipinski definition) is 8. The Balaban J connectivity index is 2.00. The molecule has 8 nitrogen and oxygen atoms in total. The van der Waals surface area contributed by atoms with Crippen LogP contribution in [0, 0.1) is 5.92 Å². The number of aliphatic carboxylic acids is 1. The van der Waals surface area contributed by atoms with Crippen LogP contribution in [0.5, 0.6) is 0 Å². The number of aliphatic hydroxyl groups excluding tert-OH is 1. The van der Waals surface area contributed by atoms with E-state index in [9.17, 15) is 28.2 Å². The van der Waals surface area contributed by atoms with Gasteiger partial charge in [-0.15, -0.1) is 0 Å². The van der Waals surface area contributed by atoms with Gasteiger partial charge in [-0.1, -0.05) is 20.8 Å². The first-order valence-electron chi connectivity index (χ1n) is 11.3. The summed E-state index contributed by atoms with van der Waals surface area (Å²) in [6.45, 7) is 6.56. The number of aliphatic hydroxyl groups is 1. The fraction of sp³-hybridized carbons (Fsp3) is 0.636. The summed E-state index contributed by atoms with van der Waals surface area (Å²) in [7, 11) is 0. The first-order chi connectivity index (χ1) is 15.9. The van der Waals surface area contributed by atoms with Crippen molar-refractivity contribution in [1.29, 1.82) is 0 Å². The summed E-state index contributed by atoms with van der Waals surface area (Å²) >= 11 is 0.601. The maximum Gasteiger partial charge on any atom is 0.452 e. The van der Waals surface area contributed by atoms with Gasteiger partial charge < -0.3 is 20.4 Å². The number of hydrogen-bond donors (Lipinski definition) is 3. The predicted octanol–water partition coefficient (Wildman–Crippen LogP) is 5.04. The van der Waals surface area contributed by atoms with Gasteiger partial charge in [0.15, 0.2) is 5.82 Å². The fourth-order valence-corrected chi connectivity index (χ4v) is 4.72. The molecule has 3 N–H and O–H groups in total. The van der Waals surface area contributed by atoms with Crippen LogP contribution in [0.25, 0.3) is 0 Å². The van der Waals surface area contributed by atoms with Gasteiger partial charge in [-0.2, -0.15) is 22.5 Å². The van der Waals surface area contributed by atoms with E-state index in [1.807, 2.05) is 0 Å². The summed E-state index contributed by atoms with van der Waals surface area (Å²) in [6, 6.07) is 1.84. The van der Waals surface area contributed by atoms with E-state index in [1.165, 1.54) is 0 Å². The quantitative estimate of drug-likeness (QED) is 0.438. The van der Waals surface area contributed by atoms with Gasteiger partial charge in [0.2, 0.25) is 11.0 Å². The fourth-order valence-electron chi connectivity index (χ4n) is 4.12. The van der Waals surface area contributed by atoms with Crippen molar-refractivity contribution in [3.8, 4) is 0 Å². The highest BCUT2D eigenvalue weighted by Crippen LogP contribution is 2.37. The van der Waals surface area contributed by atoms with Gasteiger partial charge >= 0.3 is 12.1 Å². The maximum atomic E-state index is 13.0. The largest absolute Gasteiger partial charge is 0.481 e. The maximum absolute atomic E-state index is 13.0. The van der Waals surface area contributed by atoms with Gasteiger partial charge in [0.05, 0.1) is 18.2 Å². The highest BCUT2D eigenvalue weighted by molar-refractivity contribution is 7.09. The minimum atomic E-state index is -4.65. The molecule has 0 amide bonds. The molecule has 1 aliphatic rings. The third kappa shape index (κ3) is 6.78. The Labute approximate surface area is 200 Å². The number of anilines is 3. The van der Waals surface area contributed by atoms with E-state index in [0.717, 1.165) is 12.8 Å². The molecule has 0 aliphatic heterocycles. The topological polar surface area (TPSA) is 111 Å². The van der Waals surface area contributed by atoms with Crippen molar-refractivity contribution in [2.24, 2.45) is 5.92 Å². The number of aromatic nitrogens is 3. The van der Waals surface area contributed by atoms with E-state index in [1.54, 1.807) is 19.2 Å². The Hall–Kier alpha value is -2.47. The Bertz CT molecular complexity index is 977. The Morgan fingerprint density at radius 3 is 2.50 bits per heavy atom. The molecule has 1 saturated carbocycles. The van der Waals surface area contributed by atoms with E-state index in [2.05, 4.69) is 38.4 Å². The SMILES string of the molecule is CC(C)CN(c1ncc([C@H](C)CC(=O)O)cc1Nc1nc(C(F)(F)F)ns1)[C@H]1CC[C@H](O)CC1. The number of nitrogens with one attached hydrogen (secondary N) is 1. The molecule has 2 aromatic heterocycles. The van der Waals surface area contributed by atoms with Crippen LogP contribution in [-0.4, -0.2) is 49.2 Å². The molecule has 2 aromatic rings. The second kappa shape index (κ2) is 10.9. The first kappa shape index (κ1) is 26.1. The second-order valence-corrected chi connectivity index (χ2v) is 9.95. The number of carbonyl (C=O) groups is 1. The van der Waals surface area contributed by atoms with Crippen molar-refractivity contribution in [2.45, 2.75) is 77.1 Å². The molecule has 0 unspecified atom stereocenters. The lowest BCUT2D eigenvalue weighted by Crippen LogP contribution is -2.42. The van der Waals surface area contributed by atoms with Gasteiger partial charge in [0.1, 0.15) is 0 Å². The van der Waals surface area contributed by atoms with E-state index in [-0.39, 0.29) is 35.5 Å². The number of carboxylic acids is 1. The molecule has 12 heteroatoms. The standard InChI is InChI=1S/C22H30F3N5O3S/c1-12(2)11-30(15-4-6-16(31)7-5-15)19-17(9-14(10-26-19)13(3)8-18(32)33)27-21-28-20(29-34-21)22(23,24)25/h9-10,12-13,15-16,31H,4-8,11H2,1-3H3,(H,32,33)(H,27,28,29)/t13-,15-,16-/m1/s1. The zero-order valence-electron chi connectivity index (χ0n) is 19.3. The first-order valence-corrected chi connectivity index (χ1v) is 12.1. The number of nitrogens with zero attached hydrogens (tertiary/aromatic N) is 4. The zero-order chi connectivity index (χ0) is 25.0. The minimum Gasteiger partial charge on any atom is -0.481 e. The Kier molecular flexibility index (Phi) is 8.34. The molecule has 1 aliphatic carbocycles. The second-order valence-electron chi connectivity index (χ2n) is 9.19. The van der Waals surface area contributed by atoms with Crippen LogP contribution in [0.15, 0.2) is 12.3 Å². The summed E-state index contributed by atoms with van der Waals surface area (Å²) in [5.74, 6) is -1.67. The van der Waals surface area contributed by atoms with Gasteiger partial charge in [-0.3, -0.25) is 4.79 Å². The summed E-state index contributed by atoms with van der Waals surface area (Å²) in [6.07, 6.45) is -0.589. The smallest absolute Gasteiger partial charge is 0.452 e. The predicted molar refractivity (Wildman–Crippen MR) is 124 cm³/mol. The van der Waals surface area contributed by atoms with Gasteiger partial charge in [0.25, 0.3) is 0 Å². The van der Waals surface area contributed by atoms with Crippen LogP contribution in [0.2, 0.25) is 0 Å². The summed E-state index contributed by atoms with van der Waals surface area (Å²) in [5.41, 5.74) is 1.10. The highest BCUT2D eigenvalue weighted by Gasteiger charge is 2.36. The highest BCUT2D eigenvalue weighted by atomic mass is 32.1. The normalized spacial score (nSPS) is 19.8. The van der Waals surface area contributed by atoms with Crippen LogP contribution >= 0.6 is 11.5 Å². The molecule has 0 aromatic carbocycles. The van der Waals surface area contributed by atoms with Crippen molar-refractivity contribution in [2.75, 3.05) is 16.8 Å². The van der Waals surface area contributed by atoms with Gasteiger partial charge in [-0.25, -0.2) is 4.98 Å². The van der Waals surface area contributed by atoms with Crippen LogP contribution < -0.4 is 10.2 Å². The number of pyridine rings is 1. The van der Waals surface area contributed by atoms with Crippen molar-refractivity contribution in [1.82, 2.24) is 14.3 Å². The lowest BCUT2D eigenvalue weighted by atomic mass is 9.91. The number of carboxylic acid groups (broad SMARTS) is 1. The number of halogens is 3. The molecular formula is C22H30F3N5O3S. The zero-order valence-corrected chi connectivity index (χ0v) is 20.2. The molecule has 34 heavy (non-hydrogen) atoms. The molecule has 0 bridgehead atoms. The average molecular weight is 502 g/mol. The van der Waals surface area contributed by atoms with E-state index in [0.29, 0.717) is 48.0 Å². The third-order valence-electron chi connectivity index (χ3n) is 5.80. The average Bonchev–Trinajstić information content (AvgIpc) is 3.21. The Morgan fingerprint density at radius 2 is 1.94 bits per heavy atom. The summed E-state index contributed by atoms with van der Waals surface area (Å²) in [5, 5.41) is 22.1. The minimum absolute atomic E-state index is 0.0259. The molecule has 188 valence electrons. The van der Waals surface area contributed by atoms with E-state index >= 15 is 0 Å². The van der Waals surface area contributed by atoms with Crippen molar-refractivity contribution >= 4 is 34.1 Å². The van der Waals surface area contributed by atoms with Crippen molar-refractivity contribution < 1.29 is 28.2 Å². The molecule has 1 atom stereocenters. The molecule has 3 rings (SSSR count). The third-order valence-corrected chi connectivity index (χ3v) is 6.43. The van der Waals surface area contributed by atoms with Gasteiger partial charge in [0, 0.05) is 30.3 Å². The summed E-state index contributed by atoms with van der Waals surface area (Å²) in [4.78, 5) is 21.6. The Morgan fingerprint density at radius 1 is 1.26 bits per heavy atom. The molecule has 1 fully saturated rings. The van der Waals surface area contributed by atoms with Crippen LogP contribution in [0.1, 0.15) is 70.2 Å². The van der Waals surface area contributed by atoms with Crippen molar-refractivity contribution in [3.63, 3.8) is 0 Å². The number of rotatable bonds is 9. The summed E-state index contributed by atoms with van der Waals surface area (Å²) < 4.78 is 42.4.